The SMILES string of the molecule is COc1ccc(CCC(=O)N2C3CCC2CC(OC)C3)cc1. The molecule has 0 N–H and O–H groups in total. The van der Waals surface area contributed by atoms with Crippen LogP contribution in [-0.2, 0) is 16.0 Å². The van der Waals surface area contributed by atoms with Gasteiger partial charge >= 0.3 is 0 Å². The Morgan fingerprint density at radius 3 is 2.32 bits per heavy atom. The Morgan fingerprint density at radius 1 is 1.14 bits per heavy atom. The molecular formula is C18H25NO3. The van der Waals surface area contributed by atoms with Gasteiger partial charge in [-0.25, -0.2) is 0 Å². The zero-order valence-corrected chi connectivity index (χ0v) is 13.5. The minimum Gasteiger partial charge on any atom is -0.497 e. The van der Waals surface area contributed by atoms with Crippen molar-refractivity contribution in [1.29, 1.82) is 0 Å². The molecule has 22 heavy (non-hydrogen) atoms. The number of methoxy groups -OCH3 is 2. The molecule has 2 fully saturated rings. The number of carbonyl (C=O) groups is 1. The Kier molecular flexibility index (Phi) is 4.67. The van der Waals surface area contributed by atoms with Gasteiger partial charge in [0.05, 0.1) is 13.2 Å². The van der Waals surface area contributed by atoms with Gasteiger partial charge in [0, 0.05) is 25.6 Å². The molecule has 0 aliphatic carbocycles. The van der Waals surface area contributed by atoms with Crippen molar-refractivity contribution in [3.63, 3.8) is 0 Å². The third-order valence-electron chi connectivity index (χ3n) is 5.10. The van der Waals surface area contributed by atoms with Crippen molar-refractivity contribution < 1.29 is 14.3 Å². The van der Waals surface area contributed by atoms with E-state index < -0.39 is 0 Å². The smallest absolute Gasteiger partial charge is 0.223 e. The first-order valence-electron chi connectivity index (χ1n) is 8.18. The molecule has 4 nitrogen and oxygen atoms in total. The van der Waals surface area contributed by atoms with Gasteiger partial charge in [0.25, 0.3) is 0 Å². The largest absolute Gasteiger partial charge is 0.497 e. The van der Waals surface area contributed by atoms with Crippen LogP contribution in [0, 0.1) is 0 Å². The lowest BCUT2D eigenvalue weighted by molar-refractivity contribution is -0.137. The molecule has 1 aromatic rings. The van der Waals surface area contributed by atoms with Gasteiger partial charge < -0.3 is 14.4 Å². The fraction of sp³-hybridized carbons (Fsp3) is 0.611. The third kappa shape index (κ3) is 3.12. The highest BCUT2D eigenvalue weighted by Gasteiger charge is 2.42. The first-order chi connectivity index (χ1) is 10.7. The van der Waals surface area contributed by atoms with E-state index in [0.717, 1.165) is 37.9 Å². The summed E-state index contributed by atoms with van der Waals surface area (Å²) in [5.74, 6) is 1.16. The fourth-order valence-corrected chi connectivity index (χ4v) is 3.90. The van der Waals surface area contributed by atoms with Crippen molar-refractivity contribution >= 4 is 5.91 Å². The number of hydrogen-bond acceptors (Lipinski definition) is 3. The second-order valence-electron chi connectivity index (χ2n) is 6.36. The number of benzene rings is 1. The number of amides is 1. The Hall–Kier alpha value is -1.55. The molecule has 0 spiro atoms. The summed E-state index contributed by atoms with van der Waals surface area (Å²) in [5, 5.41) is 0. The molecule has 1 aromatic carbocycles. The van der Waals surface area contributed by atoms with Crippen LogP contribution in [-0.4, -0.2) is 43.2 Å². The lowest BCUT2D eigenvalue weighted by atomic mass is 9.98. The van der Waals surface area contributed by atoms with Crippen molar-refractivity contribution in [3.05, 3.63) is 29.8 Å². The molecule has 0 radical (unpaired) electrons. The highest BCUT2D eigenvalue weighted by molar-refractivity contribution is 5.77. The van der Waals surface area contributed by atoms with Crippen molar-refractivity contribution in [1.82, 2.24) is 4.90 Å². The van der Waals surface area contributed by atoms with Crippen molar-refractivity contribution in [2.45, 2.75) is 56.7 Å². The normalized spacial score (nSPS) is 27.0. The summed E-state index contributed by atoms with van der Waals surface area (Å²) in [4.78, 5) is 14.8. The number of carbonyl (C=O) groups excluding carboxylic acids is 1. The predicted octanol–water partition coefficient (Wildman–Crippen LogP) is 2.80. The molecule has 2 saturated heterocycles. The maximum atomic E-state index is 12.6. The van der Waals surface area contributed by atoms with Crippen LogP contribution in [0.4, 0.5) is 0 Å². The van der Waals surface area contributed by atoms with E-state index in [9.17, 15) is 4.79 Å². The second kappa shape index (κ2) is 6.69. The van der Waals surface area contributed by atoms with Crippen molar-refractivity contribution in [3.8, 4) is 5.75 Å². The summed E-state index contributed by atoms with van der Waals surface area (Å²) in [6.45, 7) is 0. The summed E-state index contributed by atoms with van der Waals surface area (Å²) in [5.41, 5.74) is 1.19. The van der Waals surface area contributed by atoms with E-state index in [1.165, 1.54) is 5.56 Å². The van der Waals surface area contributed by atoms with E-state index in [2.05, 4.69) is 4.90 Å². The summed E-state index contributed by atoms with van der Waals surface area (Å²) in [7, 11) is 3.45. The summed E-state index contributed by atoms with van der Waals surface area (Å²) in [6.07, 6.45) is 6.01. The van der Waals surface area contributed by atoms with Gasteiger partial charge in [0.15, 0.2) is 0 Å². The summed E-state index contributed by atoms with van der Waals surface area (Å²) < 4.78 is 10.7. The van der Waals surface area contributed by atoms with Gasteiger partial charge in [-0.1, -0.05) is 12.1 Å². The molecule has 2 atom stereocenters. The zero-order chi connectivity index (χ0) is 15.5. The molecular weight excluding hydrogens is 278 g/mol. The standard InChI is InChI=1S/C18H25NO3/c1-21-16-8-3-13(4-9-16)5-10-18(20)19-14-6-7-15(19)12-17(11-14)22-2/h3-4,8-9,14-15,17H,5-7,10-12H2,1-2H3. The highest BCUT2D eigenvalue weighted by atomic mass is 16.5. The number of piperidine rings is 1. The minimum atomic E-state index is 0.304. The zero-order valence-electron chi connectivity index (χ0n) is 13.5. The molecule has 2 aliphatic rings. The topological polar surface area (TPSA) is 38.8 Å². The first-order valence-corrected chi connectivity index (χ1v) is 8.18. The molecule has 2 heterocycles. The summed E-state index contributed by atoms with van der Waals surface area (Å²) in [6, 6.07) is 8.77. The maximum Gasteiger partial charge on any atom is 0.223 e. The van der Waals surface area contributed by atoms with Gasteiger partial charge in [0.2, 0.25) is 5.91 Å². The molecule has 120 valence electrons. The minimum absolute atomic E-state index is 0.304. The Labute approximate surface area is 132 Å². The molecule has 0 aromatic heterocycles. The van der Waals surface area contributed by atoms with Crippen LogP contribution in [0.5, 0.6) is 5.75 Å². The number of hydrogen-bond donors (Lipinski definition) is 0. The van der Waals surface area contributed by atoms with Crippen molar-refractivity contribution in [2.75, 3.05) is 14.2 Å². The van der Waals surface area contributed by atoms with Gasteiger partial charge in [-0.15, -0.1) is 0 Å². The van der Waals surface area contributed by atoms with E-state index in [0.29, 0.717) is 30.5 Å². The number of fused-ring (bicyclic) bond motifs is 2. The van der Waals surface area contributed by atoms with E-state index >= 15 is 0 Å². The van der Waals surface area contributed by atoms with Crippen LogP contribution in [0.1, 0.15) is 37.7 Å². The average Bonchev–Trinajstić information content (AvgIpc) is 2.83. The lowest BCUT2D eigenvalue weighted by Gasteiger charge is -2.38. The van der Waals surface area contributed by atoms with Crippen LogP contribution in [0.15, 0.2) is 24.3 Å². The van der Waals surface area contributed by atoms with Crippen LogP contribution >= 0.6 is 0 Å². The monoisotopic (exact) mass is 303 g/mol. The second-order valence-corrected chi connectivity index (χ2v) is 6.36. The fourth-order valence-electron chi connectivity index (χ4n) is 3.90. The van der Waals surface area contributed by atoms with E-state index in [4.69, 9.17) is 9.47 Å². The van der Waals surface area contributed by atoms with Gasteiger partial charge in [-0.3, -0.25) is 4.79 Å². The maximum absolute atomic E-state index is 12.6. The van der Waals surface area contributed by atoms with E-state index in [1.807, 2.05) is 24.3 Å². The highest BCUT2D eigenvalue weighted by Crippen LogP contribution is 2.37. The van der Waals surface area contributed by atoms with Gasteiger partial charge in [-0.2, -0.15) is 0 Å². The quantitative estimate of drug-likeness (QED) is 0.839. The Morgan fingerprint density at radius 2 is 1.77 bits per heavy atom. The van der Waals surface area contributed by atoms with Gasteiger partial charge in [0.1, 0.15) is 5.75 Å². The van der Waals surface area contributed by atoms with Crippen LogP contribution in [0.25, 0.3) is 0 Å². The molecule has 3 rings (SSSR count). The van der Waals surface area contributed by atoms with Gasteiger partial charge in [-0.05, 0) is 49.8 Å². The molecule has 1 amide bonds. The van der Waals surface area contributed by atoms with Crippen LogP contribution in [0.2, 0.25) is 0 Å². The Bertz CT molecular complexity index is 500. The molecule has 2 unspecified atom stereocenters. The van der Waals surface area contributed by atoms with Crippen LogP contribution < -0.4 is 4.74 Å². The van der Waals surface area contributed by atoms with E-state index in [1.54, 1.807) is 14.2 Å². The molecule has 2 aliphatic heterocycles. The molecule has 4 heteroatoms. The first kappa shape index (κ1) is 15.3. The molecule has 2 bridgehead atoms. The number of ether oxygens (including phenoxy) is 2. The Balaban J connectivity index is 1.56. The predicted molar refractivity (Wildman–Crippen MR) is 85.0 cm³/mol. The number of nitrogens with zero attached hydrogens (tertiary/aromatic N) is 1. The number of aryl methyl sites for hydroxylation is 1. The molecule has 0 saturated carbocycles. The van der Waals surface area contributed by atoms with Crippen molar-refractivity contribution in [2.24, 2.45) is 0 Å². The third-order valence-corrected chi connectivity index (χ3v) is 5.10. The summed E-state index contributed by atoms with van der Waals surface area (Å²) >= 11 is 0. The number of rotatable bonds is 5. The van der Waals surface area contributed by atoms with E-state index in [-0.39, 0.29) is 0 Å². The van der Waals surface area contributed by atoms with Crippen LogP contribution in [0.3, 0.4) is 0 Å². The average molecular weight is 303 g/mol. The lowest BCUT2D eigenvalue weighted by Crippen LogP contribution is -2.48.